The van der Waals surface area contributed by atoms with Crippen molar-refractivity contribution >= 4 is 34.9 Å². The Morgan fingerprint density at radius 3 is 2.70 bits per heavy atom. The molecule has 1 aromatic rings. The number of imide groups is 1. The molecule has 1 fully saturated rings. The van der Waals surface area contributed by atoms with Gasteiger partial charge in [0.05, 0.1) is 22.5 Å². The van der Waals surface area contributed by atoms with Gasteiger partial charge in [-0.2, -0.15) is 4.99 Å². The molecule has 2 aliphatic heterocycles. The van der Waals surface area contributed by atoms with Gasteiger partial charge in [-0.1, -0.05) is 0 Å². The Kier molecular flexibility index (Phi) is 4.47. The number of nitrogens with zero attached hydrogens (tertiary/aromatic N) is 4. The average molecular weight is 388 g/mol. The summed E-state index contributed by atoms with van der Waals surface area (Å²) in [4.78, 5) is 49.1. The maximum atomic E-state index is 13.6. The number of rotatable bonds is 2. The number of likely N-dealkylation sites (tertiary alicyclic amines) is 1. The number of carbonyl (C=O) groups is 3. The largest absolute Gasteiger partial charge is 0.351 e. The molecule has 0 spiro atoms. The molecule has 1 aliphatic carbocycles. The van der Waals surface area contributed by atoms with Crippen molar-refractivity contribution in [1.82, 2.24) is 14.8 Å². The van der Waals surface area contributed by atoms with Gasteiger partial charge in [0.15, 0.2) is 0 Å². The maximum Gasteiger partial charge on any atom is 0.351 e. The van der Waals surface area contributed by atoms with Crippen LogP contribution in [0.15, 0.2) is 34.3 Å². The van der Waals surface area contributed by atoms with Crippen LogP contribution in [0.2, 0.25) is 0 Å². The molecule has 1 atom stereocenters. The molecule has 3 aliphatic rings. The molecule has 0 saturated carbocycles. The third kappa shape index (κ3) is 3.12. The van der Waals surface area contributed by atoms with E-state index >= 15 is 0 Å². The standard InChI is InChI=1S/C18H17FN4O3S/c1-10-15(27-9-20-10)17(25)22-6-4-12(5-7-22)23-16(24)13-8-11(19)2-3-14(13)21-18(23)26/h2-3,8-9,11-12H,4-7H2,1H3. The Morgan fingerprint density at radius 1 is 1.30 bits per heavy atom. The quantitative estimate of drug-likeness (QED) is 0.778. The van der Waals surface area contributed by atoms with Crippen LogP contribution in [0.1, 0.15) is 28.2 Å². The minimum Gasteiger partial charge on any atom is -0.338 e. The minimum atomic E-state index is -1.36. The Labute approximate surface area is 158 Å². The molecule has 9 heteroatoms. The third-order valence-electron chi connectivity index (χ3n) is 4.97. The van der Waals surface area contributed by atoms with E-state index in [2.05, 4.69) is 9.98 Å². The highest BCUT2D eigenvalue weighted by Crippen LogP contribution is 2.27. The molecular weight excluding hydrogens is 371 g/mol. The van der Waals surface area contributed by atoms with E-state index in [4.69, 9.17) is 0 Å². The summed E-state index contributed by atoms with van der Waals surface area (Å²) in [6.45, 7) is 2.65. The fourth-order valence-corrected chi connectivity index (χ4v) is 4.29. The van der Waals surface area contributed by atoms with Crippen molar-refractivity contribution in [2.75, 3.05) is 13.1 Å². The number of carbonyl (C=O) groups excluding carboxylic acids is 3. The number of hydrogen-bond donors (Lipinski definition) is 0. The summed E-state index contributed by atoms with van der Waals surface area (Å²) in [5, 5.41) is 0. The number of hydrogen-bond acceptors (Lipinski definition) is 5. The number of amides is 4. The summed E-state index contributed by atoms with van der Waals surface area (Å²) < 4.78 is 13.6. The van der Waals surface area contributed by atoms with Crippen molar-refractivity contribution in [3.05, 3.63) is 39.9 Å². The minimum absolute atomic E-state index is 0.0783. The van der Waals surface area contributed by atoms with Crippen LogP contribution in [0, 0.1) is 6.92 Å². The molecule has 7 nitrogen and oxygen atoms in total. The zero-order valence-corrected chi connectivity index (χ0v) is 15.4. The number of aliphatic imine (C=N–C) groups is 1. The van der Waals surface area contributed by atoms with Gasteiger partial charge in [0.1, 0.15) is 11.0 Å². The molecule has 0 bridgehead atoms. The second-order valence-corrected chi connectivity index (χ2v) is 7.48. The molecule has 4 rings (SSSR count). The van der Waals surface area contributed by atoms with E-state index in [1.165, 1.54) is 29.6 Å². The van der Waals surface area contributed by atoms with Crippen molar-refractivity contribution in [3.8, 4) is 0 Å². The topological polar surface area (TPSA) is 82.9 Å². The van der Waals surface area contributed by atoms with E-state index in [1.807, 2.05) is 0 Å². The molecule has 0 radical (unpaired) electrons. The van der Waals surface area contributed by atoms with E-state index in [1.54, 1.807) is 17.3 Å². The van der Waals surface area contributed by atoms with E-state index in [0.717, 1.165) is 4.90 Å². The maximum absolute atomic E-state index is 13.6. The van der Waals surface area contributed by atoms with E-state index < -0.39 is 18.1 Å². The molecule has 27 heavy (non-hydrogen) atoms. The van der Waals surface area contributed by atoms with Gasteiger partial charge < -0.3 is 4.90 Å². The van der Waals surface area contributed by atoms with Gasteiger partial charge in [-0.15, -0.1) is 11.3 Å². The molecule has 1 aromatic heterocycles. The van der Waals surface area contributed by atoms with Gasteiger partial charge in [-0.3, -0.25) is 14.5 Å². The molecule has 1 saturated heterocycles. The predicted octanol–water partition coefficient (Wildman–Crippen LogP) is 2.29. The molecule has 140 valence electrons. The van der Waals surface area contributed by atoms with Gasteiger partial charge in [0.2, 0.25) is 0 Å². The highest BCUT2D eigenvalue weighted by molar-refractivity contribution is 7.11. The summed E-state index contributed by atoms with van der Waals surface area (Å²) in [5.41, 5.74) is 2.68. The highest BCUT2D eigenvalue weighted by Gasteiger charge is 2.39. The fourth-order valence-electron chi connectivity index (χ4n) is 3.52. The Balaban J connectivity index is 1.48. The number of fused-ring (bicyclic) bond motifs is 1. The van der Waals surface area contributed by atoms with Crippen LogP contribution in [-0.2, 0) is 4.79 Å². The molecule has 1 unspecified atom stereocenters. The Morgan fingerprint density at radius 2 is 2.04 bits per heavy atom. The van der Waals surface area contributed by atoms with Crippen molar-refractivity contribution in [2.45, 2.75) is 32.0 Å². The van der Waals surface area contributed by atoms with Crippen molar-refractivity contribution < 1.29 is 18.8 Å². The van der Waals surface area contributed by atoms with Crippen LogP contribution >= 0.6 is 11.3 Å². The number of aryl methyl sites for hydroxylation is 1. The number of piperidine rings is 1. The summed E-state index contributed by atoms with van der Waals surface area (Å²) in [5.74, 6) is -0.592. The van der Waals surface area contributed by atoms with Gasteiger partial charge in [0.25, 0.3) is 11.8 Å². The van der Waals surface area contributed by atoms with E-state index in [-0.39, 0.29) is 23.2 Å². The SMILES string of the molecule is Cc1ncsc1C(=O)N1CCC(N2C(=O)N=C3C=CC(F)C=C3C2=O)CC1. The van der Waals surface area contributed by atoms with Crippen LogP contribution in [0.4, 0.5) is 9.18 Å². The van der Waals surface area contributed by atoms with Crippen LogP contribution in [-0.4, -0.2) is 63.6 Å². The van der Waals surface area contributed by atoms with Crippen molar-refractivity contribution in [1.29, 1.82) is 0 Å². The third-order valence-corrected chi connectivity index (χ3v) is 5.88. The first-order valence-electron chi connectivity index (χ1n) is 8.65. The lowest BCUT2D eigenvalue weighted by atomic mass is 9.96. The number of thiazole rings is 1. The zero-order chi connectivity index (χ0) is 19.1. The van der Waals surface area contributed by atoms with Gasteiger partial charge in [0, 0.05) is 19.1 Å². The van der Waals surface area contributed by atoms with Gasteiger partial charge in [-0.25, -0.2) is 14.2 Å². The predicted molar refractivity (Wildman–Crippen MR) is 97.6 cm³/mol. The van der Waals surface area contributed by atoms with Crippen LogP contribution in [0.5, 0.6) is 0 Å². The Bertz CT molecular complexity index is 911. The highest BCUT2D eigenvalue weighted by atomic mass is 32.1. The van der Waals surface area contributed by atoms with Gasteiger partial charge in [-0.05, 0) is 38.0 Å². The summed E-state index contributed by atoms with van der Waals surface area (Å²) >= 11 is 1.31. The molecule has 4 amide bonds. The first-order valence-corrected chi connectivity index (χ1v) is 9.53. The molecule has 0 aromatic carbocycles. The zero-order valence-electron chi connectivity index (χ0n) is 14.6. The summed E-state index contributed by atoms with van der Waals surface area (Å²) in [6.07, 6.45) is 3.38. The first-order chi connectivity index (χ1) is 13.0. The first kappa shape index (κ1) is 17.7. The summed E-state index contributed by atoms with van der Waals surface area (Å²) in [7, 11) is 0. The summed E-state index contributed by atoms with van der Waals surface area (Å²) in [6, 6.07) is -0.982. The number of halogens is 1. The number of urea groups is 1. The van der Waals surface area contributed by atoms with Crippen molar-refractivity contribution in [2.24, 2.45) is 4.99 Å². The lowest BCUT2D eigenvalue weighted by molar-refractivity contribution is -0.126. The Hall–Kier alpha value is -2.68. The van der Waals surface area contributed by atoms with Crippen LogP contribution < -0.4 is 0 Å². The van der Waals surface area contributed by atoms with Crippen LogP contribution in [0.25, 0.3) is 0 Å². The van der Waals surface area contributed by atoms with E-state index in [0.29, 0.717) is 36.5 Å². The lowest BCUT2D eigenvalue weighted by Crippen LogP contribution is -2.53. The number of allylic oxidation sites excluding steroid dienone is 3. The average Bonchev–Trinajstić information content (AvgIpc) is 3.08. The molecular formula is C18H17FN4O3S. The number of aromatic nitrogens is 1. The second kappa shape index (κ2) is 6.80. The van der Waals surface area contributed by atoms with E-state index in [9.17, 15) is 18.8 Å². The fraction of sp³-hybridized carbons (Fsp3) is 0.389. The number of alkyl halides is 1. The second-order valence-electron chi connectivity index (χ2n) is 6.63. The smallest absolute Gasteiger partial charge is 0.338 e. The molecule has 0 N–H and O–H groups in total. The lowest BCUT2D eigenvalue weighted by Gasteiger charge is -2.38. The molecule has 3 heterocycles. The monoisotopic (exact) mass is 388 g/mol. The normalized spacial score (nSPS) is 23.3. The van der Waals surface area contributed by atoms with Crippen LogP contribution in [0.3, 0.4) is 0 Å². The van der Waals surface area contributed by atoms with Crippen molar-refractivity contribution in [3.63, 3.8) is 0 Å². The van der Waals surface area contributed by atoms with Gasteiger partial charge >= 0.3 is 6.03 Å².